The van der Waals surface area contributed by atoms with Crippen LogP contribution < -0.4 is 5.32 Å². The molecular weight excluding hydrogens is 254 g/mol. The van der Waals surface area contributed by atoms with E-state index in [4.69, 9.17) is 4.52 Å². The van der Waals surface area contributed by atoms with E-state index in [-0.39, 0.29) is 0 Å². The third-order valence-corrected chi connectivity index (χ3v) is 3.10. The van der Waals surface area contributed by atoms with Crippen molar-refractivity contribution >= 4 is 10.9 Å². The van der Waals surface area contributed by atoms with E-state index in [1.165, 1.54) is 0 Å². The molecule has 0 atom stereocenters. The van der Waals surface area contributed by atoms with Crippen LogP contribution in [-0.4, -0.2) is 26.0 Å². The Labute approximate surface area is 116 Å². The summed E-state index contributed by atoms with van der Waals surface area (Å²) in [6.07, 6.45) is 0. The summed E-state index contributed by atoms with van der Waals surface area (Å²) in [6, 6.07) is 8.37. The van der Waals surface area contributed by atoms with Crippen LogP contribution >= 0.6 is 0 Å². The Balaban J connectivity index is 1.95. The van der Waals surface area contributed by atoms with Gasteiger partial charge in [-0.2, -0.15) is 10.1 Å². The van der Waals surface area contributed by atoms with Crippen molar-refractivity contribution in [3.63, 3.8) is 0 Å². The minimum atomic E-state index is 0.382. The van der Waals surface area contributed by atoms with Crippen LogP contribution in [0.4, 0.5) is 0 Å². The molecule has 0 aliphatic rings. The molecule has 1 N–H and O–H groups in total. The summed E-state index contributed by atoms with van der Waals surface area (Å²) in [6.45, 7) is 4.74. The van der Waals surface area contributed by atoms with Gasteiger partial charge in [-0.25, -0.2) is 0 Å². The first kappa shape index (κ1) is 12.8. The number of rotatable bonds is 4. The maximum absolute atomic E-state index is 5.33. The van der Waals surface area contributed by atoms with E-state index in [1.54, 1.807) is 0 Å². The number of fused-ring (bicyclic) bond motifs is 1. The van der Waals surface area contributed by atoms with E-state index in [0.29, 0.717) is 24.3 Å². The van der Waals surface area contributed by atoms with E-state index in [0.717, 1.165) is 16.6 Å². The molecule has 2 aromatic heterocycles. The summed E-state index contributed by atoms with van der Waals surface area (Å²) >= 11 is 0. The van der Waals surface area contributed by atoms with Crippen molar-refractivity contribution < 1.29 is 4.52 Å². The van der Waals surface area contributed by atoms with Crippen LogP contribution in [0, 0.1) is 0 Å². The van der Waals surface area contributed by atoms with Crippen LogP contribution in [0.5, 0.6) is 0 Å². The van der Waals surface area contributed by atoms with E-state index in [1.807, 2.05) is 36.0 Å². The molecule has 0 aliphatic carbocycles. The summed E-state index contributed by atoms with van der Waals surface area (Å²) in [5, 5.41) is 12.7. The normalized spacial score (nSPS) is 11.6. The lowest BCUT2D eigenvalue weighted by atomic mass is 10.2. The molecule has 3 aromatic rings. The summed E-state index contributed by atoms with van der Waals surface area (Å²) in [5.74, 6) is 1.10. The number of aromatic nitrogens is 4. The monoisotopic (exact) mass is 271 g/mol. The SMILES string of the molecule is CC(C)NCc1noc(-c2nn(C)c3ccccc23)n1. The highest BCUT2D eigenvalue weighted by Crippen LogP contribution is 2.25. The Morgan fingerprint density at radius 3 is 2.90 bits per heavy atom. The molecular formula is C14H17N5O. The zero-order valence-corrected chi connectivity index (χ0v) is 11.8. The maximum Gasteiger partial charge on any atom is 0.279 e. The third kappa shape index (κ3) is 2.30. The Morgan fingerprint density at radius 2 is 2.10 bits per heavy atom. The van der Waals surface area contributed by atoms with Gasteiger partial charge in [-0.15, -0.1) is 0 Å². The molecule has 2 heterocycles. The molecule has 0 radical (unpaired) electrons. The van der Waals surface area contributed by atoms with Crippen LogP contribution in [0.25, 0.3) is 22.5 Å². The minimum Gasteiger partial charge on any atom is -0.332 e. The van der Waals surface area contributed by atoms with Crippen molar-refractivity contribution in [2.24, 2.45) is 7.05 Å². The van der Waals surface area contributed by atoms with E-state index < -0.39 is 0 Å². The second-order valence-electron chi connectivity index (χ2n) is 5.04. The van der Waals surface area contributed by atoms with Gasteiger partial charge in [0.05, 0.1) is 12.1 Å². The van der Waals surface area contributed by atoms with Gasteiger partial charge in [0.2, 0.25) is 0 Å². The molecule has 3 rings (SSSR count). The van der Waals surface area contributed by atoms with Crippen LogP contribution in [0.3, 0.4) is 0 Å². The van der Waals surface area contributed by atoms with E-state index >= 15 is 0 Å². The average Bonchev–Trinajstić information content (AvgIpc) is 3.02. The van der Waals surface area contributed by atoms with E-state index in [9.17, 15) is 0 Å². The lowest BCUT2D eigenvalue weighted by Gasteiger charge is -2.02. The quantitative estimate of drug-likeness (QED) is 0.787. The predicted molar refractivity (Wildman–Crippen MR) is 76.0 cm³/mol. The van der Waals surface area contributed by atoms with Gasteiger partial charge in [0, 0.05) is 18.5 Å². The summed E-state index contributed by atoms with van der Waals surface area (Å²) in [7, 11) is 1.91. The van der Waals surface area contributed by atoms with Gasteiger partial charge in [0.1, 0.15) is 0 Å². The van der Waals surface area contributed by atoms with Gasteiger partial charge in [0.15, 0.2) is 11.5 Å². The Bertz CT molecular complexity index is 728. The van der Waals surface area contributed by atoms with Crippen LogP contribution in [0.1, 0.15) is 19.7 Å². The molecule has 0 amide bonds. The van der Waals surface area contributed by atoms with Gasteiger partial charge >= 0.3 is 0 Å². The Morgan fingerprint density at radius 1 is 1.30 bits per heavy atom. The smallest absolute Gasteiger partial charge is 0.279 e. The van der Waals surface area contributed by atoms with Crippen molar-refractivity contribution in [1.82, 2.24) is 25.2 Å². The second-order valence-corrected chi connectivity index (χ2v) is 5.04. The van der Waals surface area contributed by atoms with Crippen molar-refractivity contribution in [2.75, 3.05) is 0 Å². The number of benzene rings is 1. The number of para-hydroxylation sites is 1. The minimum absolute atomic E-state index is 0.382. The topological polar surface area (TPSA) is 68.8 Å². The summed E-state index contributed by atoms with van der Waals surface area (Å²) < 4.78 is 7.15. The van der Waals surface area contributed by atoms with Crippen molar-refractivity contribution in [2.45, 2.75) is 26.4 Å². The van der Waals surface area contributed by atoms with Gasteiger partial charge in [0.25, 0.3) is 5.89 Å². The molecule has 6 nitrogen and oxygen atoms in total. The largest absolute Gasteiger partial charge is 0.332 e. The second kappa shape index (κ2) is 5.05. The third-order valence-electron chi connectivity index (χ3n) is 3.10. The molecule has 0 spiro atoms. The lowest BCUT2D eigenvalue weighted by Crippen LogP contribution is -2.22. The van der Waals surface area contributed by atoms with E-state index in [2.05, 4.69) is 34.4 Å². The molecule has 0 fully saturated rings. The molecule has 0 bridgehead atoms. The summed E-state index contributed by atoms with van der Waals surface area (Å²) in [4.78, 5) is 4.40. The standard InChI is InChI=1S/C14H17N5O/c1-9(2)15-8-12-16-14(20-18-12)13-10-6-4-5-7-11(10)19(3)17-13/h4-7,9,15H,8H2,1-3H3. The molecule has 6 heteroatoms. The molecule has 0 unspecified atom stereocenters. The highest BCUT2D eigenvalue weighted by molar-refractivity contribution is 5.91. The number of aryl methyl sites for hydroxylation is 1. The van der Waals surface area contributed by atoms with Crippen LogP contribution in [-0.2, 0) is 13.6 Å². The molecule has 1 aromatic carbocycles. The molecule has 104 valence electrons. The fraction of sp³-hybridized carbons (Fsp3) is 0.357. The van der Waals surface area contributed by atoms with Crippen molar-refractivity contribution in [3.8, 4) is 11.6 Å². The molecule has 0 saturated heterocycles. The fourth-order valence-electron chi connectivity index (χ4n) is 2.09. The highest BCUT2D eigenvalue weighted by atomic mass is 16.5. The highest BCUT2D eigenvalue weighted by Gasteiger charge is 2.16. The van der Waals surface area contributed by atoms with Crippen molar-refractivity contribution in [1.29, 1.82) is 0 Å². The molecule has 0 aliphatic heterocycles. The number of hydrogen-bond acceptors (Lipinski definition) is 5. The van der Waals surface area contributed by atoms with Gasteiger partial charge in [-0.1, -0.05) is 37.2 Å². The van der Waals surface area contributed by atoms with Gasteiger partial charge < -0.3 is 9.84 Å². The Kier molecular flexibility index (Phi) is 3.23. The Hall–Kier alpha value is -2.21. The molecule has 20 heavy (non-hydrogen) atoms. The van der Waals surface area contributed by atoms with Crippen LogP contribution in [0.15, 0.2) is 28.8 Å². The lowest BCUT2D eigenvalue weighted by molar-refractivity contribution is 0.416. The average molecular weight is 271 g/mol. The zero-order chi connectivity index (χ0) is 14.1. The number of hydrogen-bond donors (Lipinski definition) is 1. The maximum atomic E-state index is 5.33. The first-order valence-electron chi connectivity index (χ1n) is 6.63. The van der Waals surface area contributed by atoms with Crippen molar-refractivity contribution in [3.05, 3.63) is 30.1 Å². The fourth-order valence-corrected chi connectivity index (χ4v) is 2.09. The summed E-state index contributed by atoms with van der Waals surface area (Å²) in [5.41, 5.74) is 1.77. The van der Waals surface area contributed by atoms with Gasteiger partial charge in [-0.3, -0.25) is 4.68 Å². The number of nitrogens with zero attached hydrogens (tertiary/aromatic N) is 4. The first-order chi connectivity index (χ1) is 9.65. The first-order valence-corrected chi connectivity index (χ1v) is 6.63. The number of nitrogens with one attached hydrogen (secondary N) is 1. The zero-order valence-electron chi connectivity index (χ0n) is 11.8. The van der Waals surface area contributed by atoms with Crippen LogP contribution in [0.2, 0.25) is 0 Å². The predicted octanol–water partition coefficient (Wildman–Crippen LogP) is 2.12. The molecule has 0 saturated carbocycles. The van der Waals surface area contributed by atoms with Gasteiger partial charge in [-0.05, 0) is 6.07 Å².